The van der Waals surface area contributed by atoms with Gasteiger partial charge in [-0.2, -0.15) is 0 Å². The molecule has 0 bridgehead atoms. The number of rotatable bonds is 5. The molecule has 0 fully saturated rings. The molecule has 0 aliphatic rings. The molecular weight excluding hydrogens is 246 g/mol. The van der Waals surface area contributed by atoms with E-state index in [1.807, 2.05) is 6.92 Å². The Balaban J connectivity index is 2.67. The summed E-state index contributed by atoms with van der Waals surface area (Å²) in [5.74, 6) is 1.42. The maximum Gasteiger partial charge on any atom is 0.198 e. The van der Waals surface area contributed by atoms with Crippen LogP contribution >= 0.6 is 0 Å². The van der Waals surface area contributed by atoms with Gasteiger partial charge in [-0.05, 0) is 18.6 Å². The van der Waals surface area contributed by atoms with Gasteiger partial charge in [0, 0.05) is 12.6 Å². The summed E-state index contributed by atoms with van der Waals surface area (Å²) in [5.41, 5.74) is 0.239. The molecule has 0 amide bonds. The fourth-order valence-corrected chi connectivity index (χ4v) is 1.88. The number of hydrogen-bond acceptors (Lipinski definition) is 5. The largest absolute Gasteiger partial charge is 0.496 e. The first-order valence-corrected chi connectivity index (χ1v) is 6.14. The van der Waals surface area contributed by atoms with E-state index in [9.17, 15) is 4.79 Å². The van der Waals surface area contributed by atoms with Gasteiger partial charge in [-0.25, -0.2) is 0 Å². The van der Waals surface area contributed by atoms with Gasteiger partial charge in [0.1, 0.15) is 11.1 Å². The molecule has 2 aromatic rings. The minimum Gasteiger partial charge on any atom is -0.496 e. The Kier molecular flexibility index (Phi) is 3.94. The summed E-state index contributed by atoms with van der Waals surface area (Å²) in [4.78, 5) is 12.2. The highest BCUT2D eigenvalue weighted by Crippen LogP contribution is 2.32. The minimum absolute atomic E-state index is 0.157. The highest BCUT2D eigenvalue weighted by atomic mass is 16.5. The second-order valence-corrected chi connectivity index (χ2v) is 4.08. The Morgan fingerprint density at radius 2 is 1.89 bits per heavy atom. The van der Waals surface area contributed by atoms with Crippen molar-refractivity contribution in [3.8, 4) is 11.5 Å². The van der Waals surface area contributed by atoms with Crippen LogP contribution in [0.5, 0.6) is 11.5 Å². The maximum absolute atomic E-state index is 12.2. The third kappa shape index (κ3) is 2.50. The van der Waals surface area contributed by atoms with Crippen molar-refractivity contribution in [1.29, 1.82) is 0 Å². The first kappa shape index (κ1) is 13.3. The van der Waals surface area contributed by atoms with E-state index in [2.05, 4.69) is 5.32 Å². The fraction of sp³-hybridized carbons (Fsp3) is 0.357. The van der Waals surface area contributed by atoms with E-state index >= 15 is 0 Å². The van der Waals surface area contributed by atoms with Gasteiger partial charge in [-0.15, -0.1) is 0 Å². The van der Waals surface area contributed by atoms with Gasteiger partial charge < -0.3 is 19.2 Å². The molecule has 0 aliphatic carbocycles. The van der Waals surface area contributed by atoms with Crippen molar-refractivity contribution < 1.29 is 13.9 Å². The van der Waals surface area contributed by atoms with Crippen LogP contribution in [0.4, 0.5) is 5.88 Å². The van der Waals surface area contributed by atoms with Crippen molar-refractivity contribution in [2.24, 2.45) is 0 Å². The summed E-state index contributed by atoms with van der Waals surface area (Å²) in [5, 5.41) is 3.45. The lowest BCUT2D eigenvalue weighted by Crippen LogP contribution is -2.07. The van der Waals surface area contributed by atoms with E-state index in [1.165, 1.54) is 20.3 Å². The lowest BCUT2D eigenvalue weighted by molar-refractivity contribution is 0.402. The predicted octanol–water partition coefficient (Wildman–Crippen LogP) is 2.63. The average molecular weight is 263 g/mol. The van der Waals surface area contributed by atoms with Crippen LogP contribution in [-0.2, 0) is 0 Å². The summed E-state index contributed by atoms with van der Waals surface area (Å²) in [6.45, 7) is 2.77. The van der Waals surface area contributed by atoms with Crippen LogP contribution in [0.15, 0.2) is 27.4 Å². The molecule has 5 heteroatoms. The topological polar surface area (TPSA) is 60.7 Å². The van der Waals surface area contributed by atoms with Gasteiger partial charge in [0.15, 0.2) is 22.6 Å². The molecule has 1 N–H and O–H groups in total. The fourth-order valence-electron chi connectivity index (χ4n) is 1.88. The molecular formula is C14H17NO4. The molecule has 0 unspecified atom stereocenters. The summed E-state index contributed by atoms with van der Waals surface area (Å²) in [7, 11) is 3.05. The number of nitrogens with one attached hydrogen (secondary N) is 1. The minimum atomic E-state index is -0.157. The van der Waals surface area contributed by atoms with E-state index in [0.29, 0.717) is 28.4 Å². The molecule has 1 heterocycles. The number of fused-ring (bicyclic) bond motifs is 1. The van der Waals surface area contributed by atoms with Gasteiger partial charge in [0.05, 0.1) is 14.2 Å². The van der Waals surface area contributed by atoms with Crippen molar-refractivity contribution >= 4 is 16.9 Å². The van der Waals surface area contributed by atoms with Crippen LogP contribution in [0, 0.1) is 0 Å². The van der Waals surface area contributed by atoms with Crippen LogP contribution in [0.25, 0.3) is 11.0 Å². The molecule has 0 aliphatic heterocycles. The second kappa shape index (κ2) is 5.65. The Bertz CT molecular complexity index is 633. The summed E-state index contributed by atoms with van der Waals surface area (Å²) < 4.78 is 16.1. The van der Waals surface area contributed by atoms with Gasteiger partial charge in [-0.3, -0.25) is 4.79 Å². The zero-order valence-corrected chi connectivity index (χ0v) is 11.3. The Labute approximate surface area is 111 Å². The van der Waals surface area contributed by atoms with Crippen molar-refractivity contribution in [1.82, 2.24) is 0 Å². The van der Waals surface area contributed by atoms with E-state index in [4.69, 9.17) is 13.9 Å². The quantitative estimate of drug-likeness (QED) is 0.898. The van der Waals surface area contributed by atoms with Crippen LogP contribution in [-0.4, -0.2) is 20.8 Å². The Morgan fingerprint density at radius 1 is 1.21 bits per heavy atom. The maximum atomic E-state index is 12.2. The number of hydrogen-bond donors (Lipinski definition) is 1. The zero-order chi connectivity index (χ0) is 13.8. The summed E-state index contributed by atoms with van der Waals surface area (Å²) in [6.07, 6.45) is 0.941. The van der Waals surface area contributed by atoms with Gasteiger partial charge in [-0.1, -0.05) is 6.92 Å². The lowest BCUT2D eigenvalue weighted by Gasteiger charge is -2.10. The molecule has 0 radical (unpaired) electrons. The standard InChI is InChI=1S/C14H17NO4/c1-4-7-15-12-8-9(16)13-10(17-2)5-6-11(18-3)14(13)19-12/h5-6,8,15H,4,7H2,1-3H3. The summed E-state index contributed by atoms with van der Waals surface area (Å²) >= 11 is 0. The molecule has 2 rings (SSSR count). The number of methoxy groups -OCH3 is 2. The molecule has 0 saturated heterocycles. The number of anilines is 1. The molecule has 1 aromatic carbocycles. The number of benzene rings is 1. The smallest absolute Gasteiger partial charge is 0.198 e. The zero-order valence-electron chi connectivity index (χ0n) is 11.3. The molecule has 0 atom stereocenters. The predicted molar refractivity (Wildman–Crippen MR) is 74.4 cm³/mol. The lowest BCUT2D eigenvalue weighted by atomic mass is 10.2. The van der Waals surface area contributed by atoms with Gasteiger partial charge in [0.25, 0.3) is 0 Å². The summed E-state index contributed by atoms with van der Waals surface area (Å²) in [6, 6.07) is 4.84. The van der Waals surface area contributed by atoms with Crippen molar-refractivity contribution in [2.75, 3.05) is 26.1 Å². The van der Waals surface area contributed by atoms with E-state index < -0.39 is 0 Å². The monoisotopic (exact) mass is 263 g/mol. The normalized spacial score (nSPS) is 10.5. The second-order valence-electron chi connectivity index (χ2n) is 4.08. The molecule has 1 aromatic heterocycles. The van der Waals surface area contributed by atoms with Crippen molar-refractivity contribution in [3.63, 3.8) is 0 Å². The third-order valence-corrected chi connectivity index (χ3v) is 2.79. The molecule has 5 nitrogen and oxygen atoms in total. The molecule has 102 valence electrons. The SMILES string of the molecule is CCCNc1cc(=O)c2c(OC)ccc(OC)c2o1. The third-order valence-electron chi connectivity index (χ3n) is 2.79. The molecule has 19 heavy (non-hydrogen) atoms. The van der Waals surface area contributed by atoms with Crippen LogP contribution in [0.2, 0.25) is 0 Å². The van der Waals surface area contributed by atoms with Crippen LogP contribution in [0.1, 0.15) is 13.3 Å². The van der Waals surface area contributed by atoms with Gasteiger partial charge >= 0.3 is 0 Å². The van der Waals surface area contributed by atoms with Crippen molar-refractivity contribution in [3.05, 3.63) is 28.4 Å². The van der Waals surface area contributed by atoms with Crippen LogP contribution < -0.4 is 20.2 Å². The highest BCUT2D eigenvalue weighted by Gasteiger charge is 2.14. The average Bonchev–Trinajstić information content (AvgIpc) is 2.43. The molecule has 0 saturated carbocycles. The first-order valence-electron chi connectivity index (χ1n) is 6.14. The van der Waals surface area contributed by atoms with Crippen molar-refractivity contribution in [2.45, 2.75) is 13.3 Å². The molecule has 0 spiro atoms. The van der Waals surface area contributed by atoms with Crippen LogP contribution in [0.3, 0.4) is 0 Å². The highest BCUT2D eigenvalue weighted by molar-refractivity contribution is 5.89. The Hall–Kier alpha value is -2.17. The van der Waals surface area contributed by atoms with E-state index in [0.717, 1.165) is 13.0 Å². The van der Waals surface area contributed by atoms with Gasteiger partial charge in [0.2, 0.25) is 0 Å². The number of ether oxygens (including phenoxy) is 2. The van der Waals surface area contributed by atoms with E-state index in [1.54, 1.807) is 12.1 Å². The first-order chi connectivity index (χ1) is 9.21. The Morgan fingerprint density at radius 3 is 2.53 bits per heavy atom. The van der Waals surface area contributed by atoms with E-state index in [-0.39, 0.29) is 5.43 Å².